The van der Waals surface area contributed by atoms with Crippen LogP contribution in [0.5, 0.6) is 0 Å². The number of piperazine rings is 1. The summed E-state index contributed by atoms with van der Waals surface area (Å²) >= 11 is 0. The summed E-state index contributed by atoms with van der Waals surface area (Å²) in [6, 6.07) is 0. The average molecular weight is 198 g/mol. The van der Waals surface area contributed by atoms with Crippen LogP contribution in [0.3, 0.4) is 0 Å². The van der Waals surface area contributed by atoms with Crippen LogP contribution < -0.4 is 0 Å². The van der Waals surface area contributed by atoms with Gasteiger partial charge in [-0.3, -0.25) is 0 Å². The molecule has 0 aromatic heterocycles. The molecule has 0 atom stereocenters. The lowest BCUT2D eigenvalue weighted by molar-refractivity contribution is 0.113. The molecule has 0 bridgehead atoms. The normalized spacial score (nSPS) is 21.0. The molecule has 0 radical (unpaired) electrons. The Bertz CT molecular complexity index is 128. The van der Waals surface area contributed by atoms with Crippen LogP contribution in [-0.4, -0.2) is 49.1 Å². The van der Waals surface area contributed by atoms with Crippen LogP contribution in [-0.2, 0) is 0 Å². The quantitative estimate of drug-likeness (QED) is 0.681. The first kappa shape index (κ1) is 12.0. The van der Waals surface area contributed by atoms with Gasteiger partial charge in [-0.15, -0.1) is 0 Å². The second-order valence-electron chi connectivity index (χ2n) is 5.39. The molecular formula is C12H26N2. The van der Waals surface area contributed by atoms with Crippen molar-refractivity contribution in [2.45, 2.75) is 27.7 Å². The molecule has 0 aliphatic carbocycles. The lowest BCUT2D eigenvalue weighted by atomic mass is 10.1. The van der Waals surface area contributed by atoms with Crippen LogP contribution in [0.25, 0.3) is 0 Å². The number of hydrogen-bond acceptors (Lipinski definition) is 2. The fraction of sp³-hybridized carbons (Fsp3) is 1.00. The Labute approximate surface area is 89.3 Å². The molecule has 0 N–H and O–H groups in total. The molecule has 0 unspecified atom stereocenters. The molecule has 1 aliphatic heterocycles. The van der Waals surface area contributed by atoms with Gasteiger partial charge in [0, 0.05) is 39.3 Å². The largest absolute Gasteiger partial charge is 0.301 e. The first-order valence-corrected chi connectivity index (χ1v) is 6.02. The highest BCUT2D eigenvalue weighted by atomic mass is 15.3. The summed E-state index contributed by atoms with van der Waals surface area (Å²) in [5.41, 5.74) is 0. The van der Waals surface area contributed by atoms with Gasteiger partial charge in [0.2, 0.25) is 0 Å². The van der Waals surface area contributed by atoms with Crippen molar-refractivity contribution in [1.82, 2.24) is 9.80 Å². The van der Waals surface area contributed by atoms with Crippen molar-refractivity contribution in [1.29, 1.82) is 0 Å². The maximum absolute atomic E-state index is 2.60. The first-order valence-electron chi connectivity index (χ1n) is 6.02. The standard InChI is InChI=1S/C12H26N2/c1-11(2)9-13-5-7-14(8-6-13)10-12(3)4/h11-12H,5-10H2,1-4H3. The van der Waals surface area contributed by atoms with Gasteiger partial charge in [-0.1, -0.05) is 27.7 Å². The highest BCUT2D eigenvalue weighted by Gasteiger charge is 2.17. The van der Waals surface area contributed by atoms with E-state index in [1.54, 1.807) is 0 Å². The fourth-order valence-electron chi connectivity index (χ4n) is 2.19. The van der Waals surface area contributed by atoms with Gasteiger partial charge in [-0.25, -0.2) is 0 Å². The van der Waals surface area contributed by atoms with Crippen LogP contribution in [0.4, 0.5) is 0 Å². The molecule has 2 nitrogen and oxygen atoms in total. The summed E-state index contributed by atoms with van der Waals surface area (Å²) in [7, 11) is 0. The molecule has 1 aliphatic rings. The highest BCUT2D eigenvalue weighted by Crippen LogP contribution is 2.07. The van der Waals surface area contributed by atoms with Gasteiger partial charge in [0.1, 0.15) is 0 Å². The van der Waals surface area contributed by atoms with E-state index in [9.17, 15) is 0 Å². The minimum absolute atomic E-state index is 0.812. The summed E-state index contributed by atoms with van der Waals surface area (Å²) < 4.78 is 0. The summed E-state index contributed by atoms with van der Waals surface area (Å²) in [4.78, 5) is 5.20. The van der Waals surface area contributed by atoms with E-state index >= 15 is 0 Å². The Hall–Kier alpha value is -0.0800. The van der Waals surface area contributed by atoms with Crippen molar-refractivity contribution in [3.8, 4) is 0 Å². The van der Waals surface area contributed by atoms with E-state index < -0.39 is 0 Å². The second-order valence-corrected chi connectivity index (χ2v) is 5.39. The topological polar surface area (TPSA) is 6.48 Å². The molecule has 1 fully saturated rings. The van der Waals surface area contributed by atoms with E-state index in [0.29, 0.717) is 0 Å². The van der Waals surface area contributed by atoms with E-state index in [1.165, 1.54) is 39.3 Å². The monoisotopic (exact) mass is 198 g/mol. The van der Waals surface area contributed by atoms with Crippen molar-refractivity contribution in [3.63, 3.8) is 0 Å². The van der Waals surface area contributed by atoms with Crippen molar-refractivity contribution >= 4 is 0 Å². The summed E-state index contributed by atoms with van der Waals surface area (Å²) in [5, 5.41) is 0. The van der Waals surface area contributed by atoms with Crippen molar-refractivity contribution < 1.29 is 0 Å². The minimum atomic E-state index is 0.812. The molecule has 0 amide bonds. The summed E-state index contributed by atoms with van der Waals surface area (Å²) in [6.45, 7) is 16.8. The molecule has 0 aromatic rings. The first-order chi connectivity index (χ1) is 6.58. The van der Waals surface area contributed by atoms with Gasteiger partial charge in [-0.05, 0) is 11.8 Å². The third-order valence-electron chi connectivity index (χ3n) is 2.71. The van der Waals surface area contributed by atoms with Crippen molar-refractivity contribution in [2.24, 2.45) is 11.8 Å². The Balaban J connectivity index is 2.17. The van der Waals surface area contributed by atoms with Gasteiger partial charge >= 0.3 is 0 Å². The summed E-state index contributed by atoms with van der Waals surface area (Å²) in [5.74, 6) is 1.62. The molecule has 0 spiro atoms. The molecule has 2 heteroatoms. The number of nitrogens with zero attached hydrogens (tertiary/aromatic N) is 2. The third-order valence-corrected chi connectivity index (χ3v) is 2.71. The molecule has 14 heavy (non-hydrogen) atoms. The fourth-order valence-corrected chi connectivity index (χ4v) is 2.19. The van der Waals surface area contributed by atoms with Crippen LogP contribution in [0.15, 0.2) is 0 Å². The van der Waals surface area contributed by atoms with Gasteiger partial charge in [0.15, 0.2) is 0 Å². The zero-order valence-electron chi connectivity index (χ0n) is 10.3. The zero-order chi connectivity index (χ0) is 10.6. The maximum atomic E-state index is 2.60. The predicted octanol–water partition coefficient (Wildman–Crippen LogP) is 1.92. The van der Waals surface area contributed by atoms with E-state index in [1.807, 2.05) is 0 Å². The van der Waals surface area contributed by atoms with Crippen molar-refractivity contribution in [3.05, 3.63) is 0 Å². The second kappa shape index (κ2) is 5.72. The van der Waals surface area contributed by atoms with Crippen LogP contribution >= 0.6 is 0 Å². The van der Waals surface area contributed by atoms with Gasteiger partial charge in [0.25, 0.3) is 0 Å². The Morgan fingerprint density at radius 2 is 1.00 bits per heavy atom. The summed E-state index contributed by atoms with van der Waals surface area (Å²) in [6.07, 6.45) is 0. The van der Waals surface area contributed by atoms with Gasteiger partial charge in [-0.2, -0.15) is 0 Å². The van der Waals surface area contributed by atoms with E-state index in [-0.39, 0.29) is 0 Å². The van der Waals surface area contributed by atoms with Crippen LogP contribution in [0.1, 0.15) is 27.7 Å². The van der Waals surface area contributed by atoms with E-state index in [0.717, 1.165) is 11.8 Å². The molecule has 0 saturated carbocycles. The van der Waals surface area contributed by atoms with Gasteiger partial charge < -0.3 is 9.80 Å². The van der Waals surface area contributed by atoms with Crippen LogP contribution in [0, 0.1) is 11.8 Å². The SMILES string of the molecule is CC(C)CN1CCN(CC(C)C)CC1. The predicted molar refractivity (Wildman–Crippen MR) is 62.6 cm³/mol. The molecular weight excluding hydrogens is 172 g/mol. The number of hydrogen-bond donors (Lipinski definition) is 0. The smallest absolute Gasteiger partial charge is 0.0110 e. The number of rotatable bonds is 4. The molecule has 84 valence electrons. The Kier molecular flexibility index (Phi) is 4.90. The minimum Gasteiger partial charge on any atom is -0.301 e. The molecule has 1 saturated heterocycles. The Morgan fingerprint density at radius 1 is 0.714 bits per heavy atom. The zero-order valence-corrected chi connectivity index (χ0v) is 10.3. The lowest BCUT2D eigenvalue weighted by Crippen LogP contribution is -2.48. The van der Waals surface area contributed by atoms with E-state index in [2.05, 4.69) is 37.5 Å². The molecule has 1 rings (SSSR count). The molecule has 1 heterocycles. The lowest BCUT2D eigenvalue weighted by Gasteiger charge is -2.36. The third kappa shape index (κ3) is 4.43. The Morgan fingerprint density at radius 3 is 1.21 bits per heavy atom. The van der Waals surface area contributed by atoms with Gasteiger partial charge in [0.05, 0.1) is 0 Å². The van der Waals surface area contributed by atoms with Crippen LogP contribution in [0.2, 0.25) is 0 Å². The maximum Gasteiger partial charge on any atom is 0.0110 e. The molecule has 0 aromatic carbocycles. The van der Waals surface area contributed by atoms with Crippen molar-refractivity contribution in [2.75, 3.05) is 39.3 Å². The highest BCUT2D eigenvalue weighted by molar-refractivity contribution is 4.73. The van der Waals surface area contributed by atoms with E-state index in [4.69, 9.17) is 0 Å². The average Bonchev–Trinajstić information content (AvgIpc) is 2.06.